The van der Waals surface area contributed by atoms with Crippen LogP contribution >= 0.6 is 11.3 Å². The van der Waals surface area contributed by atoms with Gasteiger partial charge in [-0.1, -0.05) is 11.3 Å². The maximum Gasteiger partial charge on any atom is 0.377 e. The summed E-state index contributed by atoms with van der Waals surface area (Å²) in [6, 6.07) is 0. The smallest absolute Gasteiger partial charge is 0.361 e. The van der Waals surface area contributed by atoms with Crippen molar-refractivity contribution in [1.29, 1.82) is 0 Å². The molecular weight excluding hydrogens is 314 g/mol. The lowest BCUT2D eigenvalue weighted by Gasteiger charge is -2.17. The maximum atomic E-state index is 12.1. The number of rotatable bonds is 4. The van der Waals surface area contributed by atoms with Gasteiger partial charge >= 0.3 is 11.2 Å². The first-order valence-corrected chi connectivity index (χ1v) is 7.32. The largest absolute Gasteiger partial charge is 0.377 e. The SMILES string of the molecule is CC1(C)OCC(CNc2nc3scnn3c(=O)c2[N+](=O)[O-])O1. The predicted octanol–water partition coefficient (Wildman–Crippen LogP) is 0.623. The Balaban J connectivity index is 1.88. The normalized spacial score (nSPS) is 20.4. The zero-order valence-electron chi connectivity index (χ0n) is 11.8. The highest BCUT2D eigenvalue weighted by molar-refractivity contribution is 7.14. The minimum atomic E-state index is -0.817. The maximum absolute atomic E-state index is 12.1. The number of anilines is 1. The Labute approximate surface area is 127 Å². The Bertz CT molecular complexity index is 785. The van der Waals surface area contributed by atoms with Gasteiger partial charge in [-0.25, -0.2) is 0 Å². The summed E-state index contributed by atoms with van der Waals surface area (Å²) in [6.45, 7) is 4.16. The van der Waals surface area contributed by atoms with Crippen molar-refractivity contribution in [2.75, 3.05) is 18.5 Å². The molecular formula is C11H13N5O5S. The van der Waals surface area contributed by atoms with E-state index in [1.807, 2.05) is 0 Å². The van der Waals surface area contributed by atoms with E-state index in [0.717, 1.165) is 15.9 Å². The zero-order chi connectivity index (χ0) is 15.9. The molecule has 1 fully saturated rings. The van der Waals surface area contributed by atoms with Crippen LogP contribution in [0.5, 0.6) is 0 Å². The van der Waals surface area contributed by atoms with E-state index in [4.69, 9.17) is 9.47 Å². The lowest BCUT2D eigenvalue weighted by molar-refractivity contribution is -0.385. The topological polar surface area (TPSA) is 121 Å². The molecule has 1 unspecified atom stereocenters. The van der Waals surface area contributed by atoms with Crippen molar-refractivity contribution in [3.8, 4) is 0 Å². The molecule has 3 rings (SSSR count). The van der Waals surface area contributed by atoms with Crippen molar-refractivity contribution < 1.29 is 14.4 Å². The second-order valence-electron chi connectivity index (χ2n) is 5.14. The molecule has 118 valence electrons. The van der Waals surface area contributed by atoms with Gasteiger partial charge in [-0.2, -0.15) is 14.6 Å². The van der Waals surface area contributed by atoms with Crippen molar-refractivity contribution in [3.05, 3.63) is 26.0 Å². The van der Waals surface area contributed by atoms with Gasteiger partial charge in [0.05, 0.1) is 11.5 Å². The van der Waals surface area contributed by atoms with Crippen molar-refractivity contribution in [2.45, 2.75) is 25.7 Å². The van der Waals surface area contributed by atoms with E-state index in [9.17, 15) is 14.9 Å². The van der Waals surface area contributed by atoms with Crippen LogP contribution in [-0.2, 0) is 9.47 Å². The summed E-state index contributed by atoms with van der Waals surface area (Å²) in [7, 11) is 0. The third-order valence-electron chi connectivity index (χ3n) is 3.08. The summed E-state index contributed by atoms with van der Waals surface area (Å²) in [5, 5.41) is 17.7. The minimum absolute atomic E-state index is 0.0902. The van der Waals surface area contributed by atoms with Crippen molar-refractivity contribution in [3.63, 3.8) is 0 Å². The van der Waals surface area contributed by atoms with Gasteiger partial charge in [-0.15, -0.1) is 0 Å². The molecule has 0 aromatic carbocycles. The molecule has 1 N–H and O–H groups in total. The van der Waals surface area contributed by atoms with E-state index in [1.54, 1.807) is 13.8 Å². The van der Waals surface area contributed by atoms with Crippen LogP contribution < -0.4 is 10.9 Å². The van der Waals surface area contributed by atoms with Gasteiger partial charge in [0.1, 0.15) is 11.6 Å². The number of nitro groups is 1. The molecule has 1 aliphatic heterocycles. The molecule has 2 aromatic rings. The monoisotopic (exact) mass is 327 g/mol. The Morgan fingerprint density at radius 1 is 1.64 bits per heavy atom. The molecule has 22 heavy (non-hydrogen) atoms. The third kappa shape index (κ3) is 2.65. The van der Waals surface area contributed by atoms with Crippen LogP contribution in [0.1, 0.15) is 13.8 Å². The second-order valence-corrected chi connectivity index (χ2v) is 5.95. The second kappa shape index (κ2) is 5.26. The molecule has 11 heteroatoms. The lowest BCUT2D eigenvalue weighted by atomic mass is 10.3. The Kier molecular flexibility index (Phi) is 3.54. The lowest BCUT2D eigenvalue weighted by Crippen LogP contribution is -2.28. The van der Waals surface area contributed by atoms with Gasteiger partial charge in [0, 0.05) is 6.54 Å². The fraction of sp³-hybridized carbons (Fsp3) is 0.545. The van der Waals surface area contributed by atoms with Crippen LogP contribution in [0.25, 0.3) is 4.96 Å². The van der Waals surface area contributed by atoms with E-state index in [-0.39, 0.29) is 23.4 Å². The number of nitrogens with zero attached hydrogens (tertiary/aromatic N) is 4. The van der Waals surface area contributed by atoms with Gasteiger partial charge in [0.25, 0.3) is 0 Å². The van der Waals surface area contributed by atoms with Gasteiger partial charge in [-0.3, -0.25) is 14.9 Å². The van der Waals surface area contributed by atoms with E-state index in [0.29, 0.717) is 6.61 Å². The highest BCUT2D eigenvalue weighted by atomic mass is 32.1. The first-order valence-electron chi connectivity index (χ1n) is 6.44. The Morgan fingerprint density at radius 2 is 2.41 bits per heavy atom. The van der Waals surface area contributed by atoms with Crippen LogP contribution in [0.15, 0.2) is 10.3 Å². The molecule has 0 amide bonds. The van der Waals surface area contributed by atoms with Gasteiger partial charge in [0.2, 0.25) is 10.8 Å². The molecule has 0 aliphatic carbocycles. The number of aromatic nitrogens is 3. The standard InChI is InChI=1S/C11H13N5O5S/c1-11(2)20-4-6(21-11)3-12-8-7(16(18)19)9(17)15-10(14-8)22-5-13-15/h5-6,12H,3-4H2,1-2H3. The van der Waals surface area contributed by atoms with E-state index in [1.165, 1.54) is 5.51 Å². The van der Waals surface area contributed by atoms with Gasteiger partial charge in [0.15, 0.2) is 5.79 Å². The van der Waals surface area contributed by atoms with E-state index in [2.05, 4.69) is 15.4 Å². The minimum Gasteiger partial charge on any atom is -0.361 e. The number of hydrogen-bond acceptors (Lipinski definition) is 9. The molecule has 0 spiro atoms. The quantitative estimate of drug-likeness (QED) is 0.641. The van der Waals surface area contributed by atoms with Crippen molar-refractivity contribution >= 4 is 27.8 Å². The number of hydrogen-bond donors (Lipinski definition) is 1. The van der Waals surface area contributed by atoms with E-state index >= 15 is 0 Å². The third-order valence-corrected chi connectivity index (χ3v) is 3.75. The van der Waals surface area contributed by atoms with Crippen LogP contribution in [0, 0.1) is 10.1 Å². The summed E-state index contributed by atoms with van der Waals surface area (Å²) < 4.78 is 11.9. The summed E-state index contributed by atoms with van der Waals surface area (Å²) in [5.41, 5.74) is -0.0579. The van der Waals surface area contributed by atoms with Gasteiger partial charge < -0.3 is 14.8 Å². The molecule has 0 bridgehead atoms. The van der Waals surface area contributed by atoms with Crippen LogP contribution in [0.4, 0.5) is 11.5 Å². The van der Waals surface area contributed by atoms with Crippen LogP contribution in [0.3, 0.4) is 0 Å². The predicted molar refractivity (Wildman–Crippen MR) is 77.2 cm³/mol. The van der Waals surface area contributed by atoms with Crippen LogP contribution in [-0.4, -0.2) is 44.6 Å². The summed E-state index contributed by atoms with van der Waals surface area (Å²) >= 11 is 1.12. The molecule has 0 saturated carbocycles. The van der Waals surface area contributed by atoms with Crippen molar-refractivity contribution in [2.24, 2.45) is 0 Å². The molecule has 1 saturated heterocycles. The molecule has 3 heterocycles. The Hall–Kier alpha value is -2.11. The molecule has 1 aliphatic rings. The Morgan fingerprint density at radius 3 is 3.05 bits per heavy atom. The average molecular weight is 327 g/mol. The first kappa shape index (κ1) is 14.8. The zero-order valence-corrected chi connectivity index (χ0v) is 12.6. The summed E-state index contributed by atoms with van der Waals surface area (Å²) in [5.74, 6) is -0.778. The number of fused-ring (bicyclic) bond motifs is 1. The molecule has 0 radical (unpaired) electrons. The first-order chi connectivity index (χ1) is 10.4. The average Bonchev–Trinajstić information content (AvgIpc) is 3.02. The molecule has 10 nitrogen and oxygen atoms in total. The van der Waals surface area contributed by atoms with Crippen molar-refractivity contribution in [1.82, 2.24) is 14.6 Å². The molecule has 1 atom stereocenters. The van der Waals surface area contributed by atoms with Gasteiger partial charge in [-0.05, 0) is 13.8 Å². The highest BCUT2D eigenvalue weighted by Crippen LogP contribution is 2.24. The van der Waals surface area contributed by atoms with Crippen LogP contribution in [0.2, 0.25) is 0 Å². The fourth-order valence-electron chi connectivity index (χ4n) is 2.14. The molecule has 2 aromatic heterocycles. The number of ether oxygens (including phenoxy) is 2. The fourth-order valence-corrected chi connectivity index (χ4v) is 2.75. The summed E-state index contributed by atoms with van der Waals surface area (Å²) in [6.07, 6.45) is -0.281. The van der Waals surface area contributed by atoms with E-state index < -0.39 is 22.0 Å². The number of nitrogens with one attached hydrogen (secondary N) is 1. The highest BCUT2D eigenvalue weighted by Gasteiger charge is 2.33. The summed E-state index contributed by atoms with van der Waals surface area (Å²) in [4.78, 5) is 26.8.